The van der Waals surface area contributed by atoms with Gasteiger partial charge in [-0.1, -0.05) is 104 Å². The molecular weight excluding hydrogens is 540 g/mol. The van der Waals surface area contributed by atoms with Gasteiger partial charge in [-0.3, -0.25) is 0 Å². The van der Waals surface area contributed by atoms with Crippen LogP contribution in [0.25, 0.3) is 0 Å². The van der Waals surface area contributed by atoms with E-state index in [-0.39, 0.29) is 11.3 Å². The van der Waals surface area contributed by atoms with Gasteiger partial charge < -0.3 is 0 Å². The van der Waals surface area contributed by atoms with E-state index in [1.165, 1.54) is 57.8 Å². The third kappa shape index (κ3) is 20.2. The van der Waals surface area contributed by atoms with Crippen molar-refractivity contribution in [3.8, 4) is 72.6 Å². The first kappa shape index (κ1) is 42.4. The second kappa shape index (κ2) is 30.0. The molecule has 0 aromatic heterocycles. The van der Waals surface area contributed by atoms with Crippen molar-refractivity contribution in [2.24, 2.45) is 29.1 Å². The van der Waals surface area contributed by atoms with Gasteiger partial charge in [0.25, 0.3) is 0 Å². The lowest BCUT2D eigenvalue weighted by atomic mass is 9.62. The smallest absolute Gasteiger partial charge is 0.0352 e. The number of hydrogen-bond donors (Lipinski definition) is 0. The third-order valence-electron chi connectivity index (χ3n) is 9.68. The third-order valence-corrected chi connectivity index (χ3v) is 9.68. The van der Waals surface area contributed by atoms with Gasteiger partial charge in [0, 0.05) is 49.4 Å². The summed E-state index contributed by atoms with van der Waals surface area (Å²) >= 11 is 0. The summed E-state index contributed by atoms with van der Waals surface area (Å²) in [6.45, 7) is 11.1. The van der Waals surface area contributed by atoms with Gasteiger partial charge in [0.1, 0.15) is 0 Å². The second-order valence-electron chi connectivity index (χ2n) is 13.1. The molecule has 0 aliphatic heterocycles. The van der Waals surface area contributed by atoms with Crippen LogP contribution in [0.5, 0.6) is 0 Å². The number of unbranched alkanes of at least 4 members (excludes halogenated alkanes) is 11. The standard InChI is InChI=1S/C45H68/c1-9-16-21-25-26-27-28-29-33-39-45(38-32-24-19-12-4,41(8)44(15-7)43(14-6)36-20-13-5)40-37-42(34-30-22-17-10-2)35-31-23-18-11-3/h1,4,7,41-44H,10,13-14,16,19-21,23-36,38-39H2,2-3,5-6,8H3. The van der Waals surface area contributed by atoms with Gasteiger partial charge in [-0.05, 0) is 70.1 Å². The highest BCUT2D eigenvalue weighted by atomic mass is 14.4. The maximum absolute atomic E-state index is 6.42. The van der Waals surface area contributed by atoms with Crippen LogP contribution in [0, 0.1) is 102 Å². The Kier molecular flexibility index (Phi) is 28.3. The Morgan fingerprint density at radius 3 is 1.82 bits per heavy atom. The molecule has 0 bridgehead atoms. The molecule has 0 fully saturated rings. The van der Waals surface area contributed by atoms with Crippen LogP contribution in [-0.2, 0) is 0 Å². The molecule has 0 heteroatoms. The number of terminal acetylenes is 3. The highest BCUT2D eigenvalue weighted by Crippen LogP contribution is 2.46. The molecule has 0 aliphatic carbocycles. The summed E-state index contributed by atoms with van der Waals surface area (Å²) in [6, 6.07) is 0. The molecule has 0 spiro atoms. The summed E-state index contributed by atoms with van der Waals surface area (Å²) < 4.78 is 0. The molecule has 248 valence electrons. The Hall–Kier alpha value is -2.64. The van der Waals surface area contributed by atoms with E-state index in [1.807, 2.05) is 6.92 Å². The van der Waals surface area contributed by atoms with E-state index in [4.69, 9.17) is 19.3 Å². The van der Waals surface area contributed by atoms with Gasteiger partial charge in [0.2, 0.25) is 0 Å². The molecule has 5 atom stereocenters. The monoisotopic (exact) mass is 609 g/mol. The maximum atomic E-state index is 6.42. The minimum atomic E-state index is -0.0887. The molecule has 0 aliphatic rings. The summed E-state index contributed by atoms with van der Waals surface area (Å²) in [6.07, 6.45) is 43.2. The first-order valence-corrected chi connectivity index (χ1v) is 18.7. The summed E-state index contributed by atoms with van der Waals surface area (Å²) in [5, 5.41) is 0. The van der Waals surface area contributed by atoms with E-state index >= 15 is 0 Å². The van der Waals surface area contributed by atoms with Crippen molar-refractivity contribution in [3.05, 3.63) is 0 Å². The van der Waals surface area contributed by atoms with Gasteiger partial charge in [0.05, 0.1) is 0 Å². The molecule has 0 radical (unpaired) electrons. The van der Waals surface area contributed by atoms with E-state index < -0.39 is 0 Å². The van der Waals surface area contributed by atoms with E-state index in [0.717, 1.165) is 89.9 Å². The molecule has 0 nitrogen and oxygen atoms in total. The average molecular weight is 609 g/mol. The molecule has 45 heavy (non-hydrogen) atoms. The van der Waals surface area contributed by atoms with E-state index in [9.17, 15) is 0 Å². The molecule has 0 aromatic rings. The van der Waals surface area contributed by atoms with Gasteiger partial charge in [-0.15, -0.1) is 60.7 Å². The van der Waals surface area contributed by atoms with Crippen molar-refractivity contribution >= 4 is 0 Å². The van der Waals surface area contributed by atoms with Crippen molar-refractivity contribution in [3.63, 3.8) is 0 Å². The number of rotatable bonds is 25. The maximum Gasteiger partial charge on any atom is 0.0352 e. The summed E-state index contributed by atoms with van der Waals surface area (Å²) in [5.41, 5.74) is -0.0887. The first-order chi connectivity index (χ1) is 22.0. The predicted molar refractivity (Wildman–Crippen MR) is 201 cm³/mol. The quantitative estimate of drug-likeness (QED) is 0.0714. The SMILES string of the molecule is C#CCCCCCCCCCC(C#CC(CCC#CCC)CCCC#CC)(CCCCC#C)C(C)C(C#C)C(CC)CCCC. The predicted octanol–water partition coefficient (Wildman–Crippen LogP) is 12.4. The molecule has 0 saturated carbocycles. The molecule has 0 amide bonds. The molecule has 0 N–H and O–H groups in total. The zero-order valence-corrected chi connectivity index (χ0v) is 30.3. The normalized spacial score (nSPS) is 14.3. The Morgan fingerprint density at radius 1 is 0.622 bits per heavy atom. The van der Waals surface area contributed by atoms with Crippen molar-refractivity contribution < 1.29 is 0 Å². The molecule has 0 rings (SSSR count). The fraction of sp³-hybridized carbons (Fsp3) is 0.733. The molecule has 0 saturated heterocycles. The fourth-order valence-corrected chi connectivity index (χ4v) is 6.73. The van der Waals surface area contributed by atoms with Crippen molar-refractivity contribution in [1.82, 2.24) is 0 Å². The average Bonchev–Trinajstić information content (AvgIpc) is 3.05. The van der Waals surface area contributed by atoms with Crippen molar-refractivity contribution in [1.29, 1.82) is 0 Å². The highest BCUT2D eigenvalue weighted by Gasteiger charge is 2.40. The van der Waals surface area contributed by atoms with Gasteiger partial charge in [-0.2, -0.15) is 0 Å². The summed E-state index contributed by atoms with van der Waals surface area (Å²) in [7, 11) is 0. The van der Waals surface area contributed by atoms with E-state index in [2.05, 4.69) is 81.0 Å². The minimum Gasteiger partial charge on any atom is -0.120 e. The summed E-state index contributed by atoms with van der Waals surface area (Å²) in [4.78, 5) is 0. The number of hydrogen-bond acceptors (Lipinski definition) is 0. The van der Waals surface area contributed by atoms with Crippen LogP contribution in [0.2, 0.25) is 0 Å². The first-order valence-electron chi connectivity index (χ1n) is 18.7. The van der Waals surface area contributed by atoms with Crippen LogP contribution in [0.1, 0.15) is 182 Å². The topological polar surface area (TPSA) is 0 Å². The lowest BCUT2D eigenvalue weighted by molar-refractivity contribution is 0.131. The largest absolute Gasteiger partial charge is 0.120 e. The van der Waals surface area contributed by atoms with Crippen LogP contribution < -0.4 is 0 Å². The van der Waals surface area contributed by atoms with Crippen LogP contribution in [0.3, 0.4) is 0 Å². The van der Waals surface area contributed by atoms with Crippen LogP contribution in [0.15, 0.2) is 0 Å². The van der Waals surface area contributed by atoms with E-state index in [0.29, 0.717) is 17.8 Å². The molecule has 0 aromatic carbocycles. The lowest BCUT2D eigenvalue weighted by Crippen LogP contribution is -2.36. The Balaban J connectivity index is 6.37. The van der Waals surface area contributed by atoms with Crippen LogP contribution in [0.4, 0.5) is 0 Å². The zero-order chi connectivity index (χ0) is 33.4. The van der Waals surface area contributed by atoms with E-state index in [1.54, 1.807) is 0 Å². The minimum absolute atomic E-state index is 0.0887. The second-order valence-corrected chi connectivity index (χ2v) is 13.1. The Bertz CT molecular complexity index is 1030. The van der Waals surface area contributed by atoms with Gasteiger partial charge in [-0.25, -0.2) is 0 Å². The van der Waals surface area contributed by atoms with Gasteiger partial charge >= 0.3 is 0 Å². The Morgan fingerprint density at radius 2 is 1.24 bits per heavy atom. The van der Waals surface area contributed by atoms with Crippen LogP contribution >= 0.6 is 0 Å². The fourth-order valence-electron chi connectivity index (χ4n) is 6.73. The zero-order valence-electron chi connectivity index (χ0n) is 30.3. The lowest BCUT2D eigenvalue weighted by Gasteiger charge is -2.41. The molecule has 0 heterocycles. The van der Waals surface area contributed by atoms with Gasteiger partial charge in [0.15, 0.2) is 0 Å². The highest BCUT2D eigenvalue weighted by molar-refractivity contribution is 5.19. The summed E-state index contributed by atoms with van der Waals surface area (Å²) in [5.74, 6) is 31.4. The molecule has 5 unspecified atom stereocenters. The van der Waals surface area contributed by atoms with Crippen molar-refractivity contribution in [2.75, 3.05) is 0 Å². The molecular formula is C45H68. The van der Waals surface area contributed by atoms with Crippen molar-refractivity contribution in [2.45, 2.75) is 182 Å². The Labute approximate surface area is 283 Å². The van der Waals surface area contributed by atoms with Crippen LogP contribution in [-0.4, -0.2) is 0 Å².